The molecule has 0 saturated carbocycles. The van der Waals surface area contributed by atoms with Gasteiger partial charge in [0.2, 0.25) is 0 Å². The molecule has 20 heavy (non-hydrogen) atoms. The summed E-state index contributed by atoms with van der Waals surface area (Å²) in [5.74, 6) is -1.02. The van der Waals surface area contributed by atoms with E-state index in [2.05, 4.69) is 5.32 Å². The highest BCUT2D eigenvalue weighted by molar-refractivity contribution is 5.47. The lowest BCUT2D eigenvalue weighted by Crippen LogP contribution is -2.03. The van der Waals surface area contributed by atoms with Gasteiger partial charge in [-0.3, -0.25) is 10.1 Å². The fourth-order valence-electron chi connectivity index (χ4n) is 1.71. The molecule has 0 amide bonds. The number of anilines is 1. The minimum Gasteiger partial charge on any atom is -0.379 e. The first-order valence-corrected chi connectivity index (χ1v) is 5.90. The Hall–Kier alpha value is -2.50. The minimum atomic E-state index is -0.536. The van der Waals surface area contributed by atoms with E-state index in [4.69, 9.17) is 0 Å². The zero-order valence-electron chi connectivity index (χ0n) is 10.7. The molecule has 2 aromatic rings. The van der Waals surface area contributed by atoms with Crippen LogP contribution in [-0.2, 0) is 6.54 Å². The van der Waals surface area contributed by atoms with Crippen LogP contribution in [0, 0.1) is 28.7 Å². The van der Waals surface area contributed by atoms with E-state index in [9.17, 15) is 18.9 Å². The van der Waals surface area contributed by atoms with Gasteiger partial charge < -0.3 is 5.32 Å². The molecule has 0 spiro atoms. The van der Waals surface area contributed by atoms with Crippen LogP contribution in [0.2, 0.25) is 0 Å². The average Bonchev–Trinajstić information content (AvgIpc) is 2.42. The lowest BCUT2D eigenvalue weighted by molar-refractivity contribution is -0.384. The molecule has 1 N–H and O–H groups in total. The molecule has 6 heteroatoms. The second-order valence-electron chi connectivity index (χ2n) is 4.36. The molecule has 0 fully saturated rings. The highest BCUT2D eigenvalue weighted by atomic mass is 19.1. The van der Waals surface area contributed by atoms with Crippen LogP contribution in [0.25, 0.3) is 0 Å². The van der Waals surface area contributed by atoms with E-state index >= 15 is 0 Å². The van der Waals surface area contributed by atoms with Crippen molar-refractivity contribution in [3.63, 3.8) is 0 Å². The number of non-ortho nitro benzene ring substituents is 1. The van der Waals surface area contributed by atoms with Crippen molar-refractivity contribution in [3.8, 4) is 0 Å². The molecule has 104 valence electrons. The third kappa shape index (κ3) is 3.09. The SMILES string of the molecule is Cc1cc(F)c(NCc2ccc([N+](=O)[O-])cc2)cc1F. The van der Waals surface area contributed by atoms with E-state index in [0.717, 1.165) is 17.7 Å². The van der Waals surface area contributed by atoms with Crippen LogP contribution in [0.3, 0.4) is 0 Å². The molecule has 0 saturated heterocycles. The van der Waals surface area contributed by atoms with Gasteiger partial charge in [-0.1, -0.05) is 12.1 Å². The molecular formula is C14H12F2N2O2. The van der Waals surface area contributed by atoms with Crippen molar-refractivity contribution in [2.75, 3.05) is 5.32 Å². The Morgan fingerprint density at radius 1 is 1.15 bits per heavy atom. The molecule has 0 aromatic heterocycles. The number of nitrogens with zero attached hydrogens (tertiary/aromatic N) is 1. The second kappa shape index (κ2) is 5.64. The Morgan fingerprint density at radius 2 is 1.80 bits per heavy atom. The molecular weight excluding hydrogens is 266 g/mol. The van der Waals surface area contributed by atoms with E-state index in [1.54, 1.807) is 12.1 Å². The van der Waals surface area contributed by atoms with Crippen molar-refractivity contribution < 1.29 is 13.7 Å². The number of halogens is 2. The summed E-state index contributed by atoms with van der Waals surface area (Å²) in [7, 11) is 0. The summed E-state index contributed by atoms with van der Waals surface area (Å²) < 4.78 is 26.9. The van der Waals surface area contributed by atoms with Crippen LogP contribution in [0.15, 0.2) is 36.4 Å². The average molecular weight is 278 g/mol. The molecule has 0 aliphatic carbocycles. The molecule has 0 radical (unpaired) electrons. The first-order chi connectivity index (χ1) is 9.47. The molecule has 4 nitrogen and oxygen atoms in total. The maximum Gasteiger partial charge on any atom is 0.269 e. The maximum absolute atomic E-state index is 13.6. The number of benzene rings is 2. The van der Waals surface area contributed by atoms with Gasteiger partial charge in [0.05, 0.1) is 10.6 Å². The van der Waals surface area contributed by atoms with Crippen molar-refractivity contribution >= 4 is 11.4 Å². The largest absolute Gasteiger partial charge is 0.379 e. The Labute approximate surface area is 114 Å². The number of nitro groups is 1. The molecule has 0 bridgehead atoms. The van der Waals surface area contributed by atoms with Gasteiger partial charge >= 0.3 is 0 Å². The molecule has 2 rings (SSSR count). The monoisotopic (exact) mass is 278 g/mol. The van der Waals surface area contributed by atoms with Crippen LogP contribution >= 0.6 is 0 Å². The van der Waals surface area contributed by atoms with Crippen LogP contribution in [-0.4, -0.2) is 4.92 Å². The molecule has 0 aliphatic rings. The van der Waals surface area contributed by atoms with Crippen molar-refractivity contribution in [3.05, 3.63) is 69.3 Å². The van der Waals surface area contributed by atoms with Gasteiger partial charge in [-0.2, -0.15) is 0 Å². The predicted molar refractivity (Wildman–Crippen MR) is 71.5 cm³/mol. The summed E-state index contributed by atoms with van der Waals surface area (Å²) in [4.78, 5) is 10.0. The first kappa shape index (κ1) is 13.9. The van der Waals surface area contributed by atoms with E-state index in [1.165, 1.54) is 19.1 Å². The van der Waals surface area contributed by atoms with Gasteiger partial charge in [-0.25, -0.2) is 8.78 Å². The molecule has 0 heterocycles. The molecule has 0 aliphatic heterocycles. The number of hydrogen-bond acceptors (Lipinski definition) is 3. The van der Waals surface area contributed by atoms with Gasteiger partial charge in [-0.05, 0) is 24.1 Å². The van der Waals surface area contributed by atoms with Gasteiger partial charge in [0, 0.05) is 24.7 Å². The fourth-order valence-corrected chi connectivity index (χ4v) is 1.71. The van der Waals surface area contributed by atoms with Gasteiger partial charge in [0.25, 0.3) is 5.69 Å². The summed E-state index contributed by atoms with van der Waals surface area (Å²) in [6, 6.07) is 8.07. The van der Waals surface area contributed by atoms with Crippen molar-refractivity contribution in [2.24, 2.45) is 0 Å². The zero-order chi connectivity index (χ0) is 14.7. The number of hydrogen-bond donors (Lipinski definition) is 1. The van der Waals surface area contributed by atoms with Crippen LogP contribution in [0.4, 0.5) is 20.2 Å². The molecule has 2 aromatic carbocycles. The lowest BCUT2D eigenvalue weighted by Gasteiger charge is -2.09. The number of aryl methyl sites for hydroxylation is 1. The van der Waals surface area contributed by atoms with E-state index < -0.39 is 16.6 Å². The fraction of sp³-hybridized carbons (Fsp3) is 0.143. The number of nitro benzene ring substituents is 1. The quantitative estimate of drug-likeness (QED) is 0.683. The van der Waals surface area contributed by atoms with E-state index in [1.807, 2.05) is 0 Å². The number of nitrogens with one attached hydrogen (secondary N) is 1. The summed E-state index contributed by atoms with van der Waals surface area (Å²) in [6.07, 6.45) is 0. The molecule has 0 atom stereocenters. The third-order valence-corrected chi connectivity index (χ3v) is 2.88. The molecule has 0 unspecified atom stereocenters. The summed E-state index contributed by atoms with van der Waals surface area (Å²) in [5, 5.41) is 13.3. The van der Waals surface area contributed by atoms with E-state index in [0.29, 0.717) is 0 Å². The summed E-state index contributed by atoms with van der Waals surface area (Å²) in [5.41, 5.74) is 1.02. The Bertz CT molecular complexity index is 642. The van der Waals surface area contributed by atoms with Crippen molar-refractivity contribution in [1.29, 1.82) is 0 Å². The minimum absolute atomic E-state index is 0.0127. The van der Waals surface area contributed by atoms with Crippen LogP contribution in [0.5, 0.6) is 0 Å². The first-order valence-electron chi connectivity index (χ1n) is 5.90. The van der Waals surface area contributed by atoms with E-state index in [-0.39, 0.29) is 23.5 Å². The van der Waals surface area contributed by atoms with Crippen LogP contribution < -0.4 is 5.32 Å². The number of rotatable bonds is 4. The third-order valence-electron chi connectivity index (χ3n) is 2.88. The van der Waals surface area contributed by atoms with Crippen molar-refractivity contribution in [1.82, 2.24) is 0 Å². The Balaban J connectivity index is 2.09. The Kier molecular flexibility index (Phi) is 3.93. The summed E-state index contributed by atoms with van der Waals surface area (Å²) in [6.45, 7) is 1.73. The topological polar surface area (TPSA) is 55.2 Å². The standard InChI is InChI=1S/C14H12F2N2O2/c1-9-6-13(16)14(7-12(9)15)17-8-10-2-4-11(5-3-10)18(19)20/h2-7,17H,8H2,1H3. The van der Waals surface area contributed by atoms with Crippen LogP contribution in [0.1, 0.15) is 11.1 Å². The lowest BCUT2D eigenvalue weighted by atomic mass is 10.1. The normalized spacial score (nSPS) is 10.3. The zero-order valence-corrected chi connectivity index (χ0v) is 10.7. The smallest absolute Gasteiger partial charge is 0.269 e. The van der Waals surface area contributed by atoms with Gasteiger partial charge in [0.1, 0.15) is 11.6 Å². The summed E-state index contributed by atoms with van der Waals surface area (Å²) >= 11 is 0. The maximum atomic E-state index is 13.6. The van der Waals surface area contributed by atoms with Crippen molar-refractivity contribution in [2.45, 2.75) is 13.5 Å². The Morgan fingerprint density at radius 3 is 2.40 bits per heavy atom. The highest BCUT2D eigenvalue weighted by Crippen LogP contribution is 2.20. The predicted octanol–water partition coefficient (Wildman–Crippen LogP) is 3.79. The second-order valence-corrected chi connectivity index (χ2v) is 4.36. The van der Waals surface area contributed by atoms with Gasteiger partial charge in [0.15, 0.2) is 0 Å². The highest BCUT2D eigenvalue weighted by Gasteiger charge is 2.08. The van der Waals surface area contributed by atoms with Gasteiger partial charge in [-0.15, -0.1) is 0 Å².